The Morgan fingerprint density at radius 2 is 1.88 bits per heavy atom. The van der Waals surface area contributed by atoms with Crippen LogP contribution >= 0.6 is 23.1 Å². The number of imidazole rings is 1. The van der Waals surface area contributed by atoms with Gasteiger partial charge in [0.2, 0.25) is 5.82 Å². The van der Waals surface area contributed by atoms with Crippen molar-refractivity contribution in [1.82, 2.24) is 24.2 Å². The van der Waals surface area contributed by atoms with Crippen LogP contribution in [0, 0.1) is 11.6 Å². The van der Waals surface area contributed by atoms with Crippen molar-refractivity contribution < 1.29 is 27.6 Å². The number of oxazole rings is 1. The molecule has 10 nitrogen and oxygen atoms in total. The summed E-state index contributed by atoms with van der Waals surface area (Å²) in [7, 11) is 0. The second-order valence-corrected chi connectivity index (χ2v) is 10.3. The van der Waals surface area contributed by atoms with Crippen LogP contribution in [-0.2, 0) is 17.9 Å². The molecule has 0 aliphatic heterocycles. The van der Waals surface area contributed by atoms with Gasteiger partial charge in [0.25, 0.3) is 11.8 Å². The van der Waals surface area contributed by atoms with E-state index in [0.29, 0.717) is 21.3 Å². The van der Waals surface area contributed by atoms with Gasteiger partial charge in [-0.1, -0.05) is 18.5 Å². The Bertz CT molecular complexity index is 1790. The fraction of sp³-hybridized carbons (Fsp3) is 0.185. The van der Waals surface area contributed by atoms with Crippen LogP contribution in [0.1, 0.15) is 57.8 Å². The summed E-state index contributed by atoms with van der Waals surface area (Å²) in [5.41, 5.74) is 0.949. The number of hydrogen-bond donors (Lipinski definition) is 2. The van der Waals surface area contributed by atoms with Crippen LogP contribution in [0.4, 0.5) is 14.6 Å². The van der Waals surface area contributed by atoms with E-state index in [1.54, 1.807) is 6.92 Å². The smallest absolute Gasteiger partial charge is 0.287 e. The number of Topliss-reactive ketones (excluding diaryl/α,β-unsaturated/α-hetero) is 1. The van der Waals surface area contributed by atoms with Gasteiger partial charge in [0, 0.05) is 16.3 Å². The van der Waals surface area contributed by atoms with Crippen LogP contribution < -0.4 is 10.6 Å². The van der Waals surface area contributed by atoms with Gasteiger partial charge in [-0.25, -0.2) is 18.7 Å². The van der Waals surface area contributed by atoms with Crippen LogP contribution in [0.15, 0.2) is 53.5 Å². The van der Waals surface area contributed by atoms with Gasteiger partial charge in [0.1, 0.15) is 29.4 Å². The van der Waals surface area contributed by atoms with Crippen molar-refractivity contribution in [3.05, 3.63) is 94.2 Å². The van der Waals surface area contributed by atoms with E-state index in [2.05, 4.69) is 25.0 Å². The normalized spacial score (nSPS) is 11.9. The molecule has 2 amide bonds. The number of hydrogen-bond acceptors (Lipinski definition) is 8. The third-order valence-corrected chi connectivity index (χ3v) is 7.39. The van der Waals surface area contributed by atoms with Crippen LogP contribution in [0.25, 0.3) is 10.1 Å². The predicted octanol–water partition coefficient (Wildman–Crippen LogP) is 5.34. The number of nitrogens with zero attached hydrogens (tertiary/aromatic N) is 4. The van der Waals surface area contributed by atoms with E-state index >= 15 is 0 Å². The molecule has 14 heteroatoms. The summed E-state index contributed by atoms with van der Waals surface area (Å²) in [6.45, 7) is 2.72. The molecule has 41 heavy (non-hydrogen) atoms. The van der Waals surface area contributed by atoms with Crippen molar-refractivity contribution in [3.8, 4) is 0 Å². The zero-order valence-electron chi connectivity index (χ0n) is 21.6. The summed E-state index contributed by atoms with van der Waals surface area (Å²) < 4.78 is 39.2. The second-order valence-electron chi connectivity index (χ2n) is 9.13. The number of carbonyl (C=O) groups excluding carboxylic acids is 3. The fourth-order valence-electron chi connectivity index (χ4n) is 4.36. The molecule has 0 fully saturated rings. The van der Waals surface area contributed by atoms with Crippen molar-refractivity contribution in [2.24, 2.45) is 0 Å². The Balaban J connectivity index is 1.61. The fourth-order valence-corrected chi connectivity index (χ4v) is 5.40. The summed E-state index contributed by atoms with van der Waals surface area (Å²) in [4.78, 5) is 47.4. The number of rotatable bonds is 9. The minimum absolute atomic E-state index is 0.000938. The Kier molecular flexibility index (Phi) is 7.90. The van der Waals surface area contributed by atoms with E-state index in [9.17, 15) is 23.2 Å². The minimum Gasteiger partial charge on any atom is -0.451 e. The molecule has 3 heterocycles. The summed E-state index contributed by atoms with van der Waals surface area (Å²) in [6, 6.07) is 7.78. The highest BCUT2D eigenvalue weighted by Gasteiger charge is 2.30. The Morgan fingerprint density at radius 1 is 1.12 bits per heavy atom. The summed E-state index contributed by atoms with van der Waals surface area (Å²) in [6.07, 6.45) is 2.57. The molecule has 3 aromatic heterocycles. The first-order valence-corrected chi connectivity index (χ1v) is 13.3. The zero-order valence-corrected chi connectivity index (χ0v) is 23.1. The van der Waals surface area contributed by atoms with Crippen molar-refractivity contribution in [1.29, 1.82) is 0 Å². The number of halogens is 3. The van der Waals surface area contributed by atoms with Crippen molar-refractivity contribution in [3.63, 3.8) is 0 Å². The standard InChI is InChI=1S/C27H21ClF2N6O4S/c1-13(37)10-36-23(14(2)18-7-15(29)3-5-20(18)28)24(33-25(36)27(39)31-9-17-11-40-12-32-17)34-26(38)22-19-8-16(30)4-6-21(19)41-35-22/h3-8,11-12,14H,9-10H2,1-2H3,(H,31,39)(H,34,38)/t14-/m1/s1. The highest BCUT2D eigenvalue weighted by molar-refractivity contribution is 7.13. The number of aromatic nitrogens is 4. The SMILES string of the molecule is CC(=O)Cn1c(C(=O)NCc2cocn2)nc(NC(=O)c2nsc3ccc(F)cc23)c1[C@H](C)c1cc(F)ccc1Cl. The van der Waals surface area contributed by atoms with E-state index in [1.165, 1.54) is 60.5 Å². The molecule has 0 radical (unpaired) electrons. The lowest BCUT2D eigenvalue weighted by Gasteiger charge is -2.19. The van der Waals surface area contributed by atoms with Gasteiger partial charge < -0.3 is 19.6 Å². The quantitative estimate of drug-likeness (QED) is 0.234. The second kappa shape index (κ2) is 11.6. The minimum atomic E-state index is -0.748. The number of amides is 2. The maximum atomic E-state index is 14.3. The molecule has 210 valence electrons. The molecule has 0 saturated carbocycles. The largest absolute Gasteiger partial charge is 0.451 e. The molecule has 0 spiro atoms. The van der Waals surface area contributed by atoms with Gasteiger partial charge in [0.15, 0.2) is 12.2 Å². The first-order valence-electron chi connectivity index (χ1n) is 12.2. The van der Waals surface area contributed by atoms with Gasteiger partial charge in [-0.3, -0.25) is 14.4 Å². The third kappa shape index (κ3) is 5.86. The number of benzene rings is 2. The first kappa shape index (κ1) is 28.1. The van der Waals surface area contributed by atoms with Gasteiger partial charge >= 0.3 is 0 Å². The first-order chi connectivity index (χ1) is 19.6. The highest BCUT2D eigenvalue weighted by Crippen LogP contribution is 2.36. The summed E-state index contributed by atoms with van der Waals surface area (Å²) in [5.74, 6) is -3.82. The molecule has 1 atom stereocenters. The maximum Gasteiger partial charge on any atom is 0.287 e. The van der Waals surface area contributed by atoms with Gasteiger partial charge in [-0.05, 0) is 60.4 Å². The number of ketones is 1. The molecule has 0 bridgehead atoms. The van der Waals surface area contributed by atoms with E-state index in [4.69, 9.17) is 16.0 Å². The van der Waals surface area contributed by atoms with Crippen LogP contribution in [0.3, 0.4) is 0 Å². The maximum absolute atomic E-state index is 14.3. The molecule has 0 aliphatic rings. The third-order valence-electron chi connectivity index (χ3n) is 6.22. The molecule has 2 N–H and O–H groups in total. The highest BCUT2D eigenvalue weighted by atomic mass is 35.5. The average Bonchev–Trinajstić information content (AvgIpc) is 3.67. The predicted molar refractivity (Wildman–Crippen MR) is 147 cm³/mol. The van der Waals surface area contributed by atoms with Gasteiger partial charge in [-0.15, -0.1) is 0 Å². The van der Waals surface area contributed by atoms with Crippen molar-refractivity contribution in [2.45, 2.75) is 32.9 Å². The number of carbonyl (C=O) groups is 3. The average molecular weight is 599 g/mol. The molecular weight excluding hydrogens is 578 g/mol. The lowest BCUT2D eigenvalue weighted by molar-refractivity contribution is -0.117. The van der Waals surface area contributed by atoms with Crippen LogP contribution in [-0.4, -0.2) is 36.5 Å². The lowest BCUT2D eigenvalue weighted by Crippen LogP contribution is -2.28. The van der Waals surface area contributed by atoms with Gasteiger partial charge in [-0.2, -0.15) is 4.37 Å². The lowest BCUT2D eigenvalue weighted by atomic mass is 9.96. The molecule has 0 aliphatic carbocycles. The molecule has 5 aromatic rings. The van der Waals surface area contributed by atoms with E-state index < -0.39 is 29.4 Å². The number of anilines is 1. The topological polar surface area (TPSA) is 132 Å². The molecule has 2 aromatic carbocycles. The van der Waals surface area contributed by atoms with Crippen molar-refractivity contribution >= 4 is 56.6 Å². The van der Waals surface area contributed by atoms with Crippen molar-refractivity contribution in [2.75, 3.05) is 5.32 Å². The van der Waals surface area contributed by atoms with E-state index in [1.807, 2.05) is 0 Å². The monoisotopic (exact) mass is 598 g/mol. The van der Waals surface area contributed by atoms with Crippen LogP contribution in [0.5, 0.6) is 0 Å². The Labute approximate surface area is 240 Å². The molecular formula is C27H21ClF2N6O4S. The molecule has 0 unspecified atom stereocenters. The van der Waals surface area contributed by atoms with Crippen LogP contribution in [0.2, 0.25) is 5.02 Å². The molecule has 0 saturated heterocycles. The zero-order chi connectivity index (χ0) is 29.3. The molecule has 5 rings (SSSR count). The number of nitrogens with one attached hydrogen (secondary N) is 2. The van der Waals surface area contributed by atoms with E-state index in [0.717, 1.165) is 11.5 Å². The Morgan fingerprint density at radius 3 is 2.61 bits per heavy atom. The Hall–Kier alpha value is -4.49. The van der Waals surface area contributed by atoms with E-state index in [-0.39, 0.29) is 46.9 Å². The number of fused-ring (bicyclic) bond motifs is 1. The van der Waals surface area contributed by atoms with Gasteiger partial charge in [0.05, 0.1) is 29.2 Å². The summed E-state index contributed by atoms with van der Waals surface area (Å²) >= 11 is 7.42. The summed E-state index contributed by atoms with van der Waals surface area (Å²) in [5, 5.41) is 5.84.